The van der Waals surface area contributed by atoms with Crippen LogP contribution in [0.4, 0.5) is 21.0 Å². The van der Waals surface area contributed by atoms with Crippen molar-refractivity contribution in [2.75, 3.05) is 10.6 Å². The summed E-state index contributed by atoms with van der Waals surface area (Å²) in [5.74, 6) is -2.14. The summed E-state index contributed by atoms with van der Waals surface area (Å²) < 4.78 is 16.4. The predicted molar refractivity (Wildman–Crippen MR) is 230 cm³/mol. The van der Waals surface area contributed by atoms with E-state index in [0.717, 1.165) is 16.7 Å². The number of hydrogen-bond donors (Lipinski definition) is 6. The van der Waals surface area contributed by atoms with Crippen molar-refractivity contribution in [1.82, 2.24) is 10.6 Å². The molecule has 0 aromatic heterocycles. The van der Waals surface area contributed by atoms with E-state index in [1.165, 1.54) is 42.5 Å². The van der Waals surface area contributed by atoms with Gasteiger partial charge in [0.15, 0.2) is 0 Å². The van der Waals surface area contributed by atoms with Crippen LogP contribution in [0.25, 0.3) is 0 Å². The second-order valence-electron chi connectivity index (χ2n) is 14.1. The first-order chi connectivity index (χ1) is 30.1. The molecular formula is C48H44N4O10. The minimum absolute atomic E-state index is 0.0140. The summed E-state index contributed by atoms with van der Waals surface area (Å²) in [4.78, 5) is 67.6. The maximum atomic E-state index is 14.0. The molecule has 6 aromatic carbocycles. The molecule has 6 rings (SSSR count). The lowest BCUT2D eigenvalue weighted by Crippen LogP contribution is -2.45. The number of carbonyl (C=O) groups excluding carboxylic acids is 5. The highest BCUT2D eigenvalue weighted by atomic mass is 16.6. The van der Waals surface area contributed by atoms with Crippen LogP contribution in [0.2, 0.25) is 0 Å². The SMILES string of the molecule is O=C(N[C@@H](Cc1ccc(O)cc1)C(=O)Nc1cc(NC(=O)[C@H](Cc2ccc(O)cc2)NC(=O)OCc2ccccc2)cc(C(=O)OCc2ccccc2)c1)OCc1ccccc1. The number of benzene rings is 6. The van der Waals surface area contributed by atoms with Crippen LogP contribution in [-0.2, 0) is 56.5 Å². The molecule has 0 bridgehead atoms. The van der Waals surface area contributed by atoms with E-state index in [0.29, 0.717) is 11.1 Å². The largest absolute Gasteiger partial charge is 0.508 e. The highest BCUT2D eigenvalue weighted by Gasteiger charge is 2.26. The second-order valence-corrected chi connectivity index (χ2v) is 14.1. The van der Waals surface area contributed by atoms with Crippen LogP contribution in [0, 0.1) is 0 Å². The topological polar surface area (TPSA) is 202 Å². The summed E-state index contributed by atoms with van der Waals surface area (Å²) in [5, 5.41) is 30.4. The number of phenolic OH excluding ortho intramolecular Hbond substituents is 2. The fourth-order valence-electron chi connectivity index (χ4n) is 6.12. The van der Waals surface area contributed by atoms with Crippen LogP contribution in [0.15, 0.2) is 158 Å². The molecule has 6 aromatic rings. The lowest BCUT2D eigenvalue weighted by atomic mass is 10.0. The smallest absolute Gasteiger partial charge is 0.408 e. The molecule has 62 heavy (non-hydrogen) atoms. The maximum Gasteiger partial charge on any atom is 0.408 e. The van der Waals surface area contributed by atoms with Gasteiger partial charge in [-0.2, -0.15) is 0 Å². The number of alkyl carbamates (subject to hydrolysis) is 2. The van der Waals surface area contributed by atoms with Crippen LogP contribution in [0.1, 0.15) is 38.2 Å². The lowest BCUT2D eigenvalue weighted by Gasteiger charge is -2.21. The Morgan fingerprint density at radius 2 is 0.790 bits per heavy atom. The zero-order chi connectivity index (χ0) is 43.7. The molecule has 14 nitrogen and oxygen atoms in total. The van der Waals surface area contributed by atoms with Crippen molar-refractivity contribution in [1.29, 1.82) is 0 Å². The number of esters is 1. The Kier molecular flexibility index (Phi) is 15.2. The van der Waals surface area contributed by atoms with E-state index in [9.17, 15) is 34.2 Å². The van der Waals surface area contributed by atoms with Crippen LogP contribution in [0.5, 0.6) is 11.5 Å². The summed E-state index contributed by atoms with van der Waals surface area (Å²) in [7, 11) is 0. The molecule has 6 N–H and O–H groups in total. The Morgan fingerprint density at radius 1 is 0.435 bits per heavy atom. The van der Waals surface area contributed by atoms with Crippen molar-refractivity contribution in [2.24, 2.45) is 0 Å². The van der Waals surface area contributed by atoms with Gasteiger partial charge in [-0.15, -0.1) is 0 Å². The predicted octanol–water partition coefficient (Wildman–Crippen LogP) is 7.41. The first-order valence-corrected chi connectivity index (χ1v) is 19.5. The van der Waals surface area contributed by atoms with E-state index in [4.69, 9.17) is 14.2 Å². The summed E-state index contributed by atoms with van der Waals surface area (Å²) in [6, 6.07) is 40.9. The zero-order valence-electron chi connectivity index (χ0n) is 33.4. The van der Waals surface area contributed by atoms with Gasteiger partial charge in [0.05, 0.1) is 5.56 Å². The Balaban J connectivity index is 1.24. The molecule has 0 spiro atoms. The van der Waals surface area contributed by atoms with Crippen molar-refractivity contribution in [3.8, 4) is 11.5 Å². The van der Waals surface area contributed by atoms with Gasteiger partial charge >= 0.3 is 18.2 Å². The fourth-order valence-corrected chi connectivity index (χ4v) is 6.12. The lowest BCUT2D eigenvalue weighted by molar-refractivity contribution is -0.118. The van der Waals surface area contributed by atoms with Gasteiger partial charge in [0.25, 0.3) is 0 Å². The van der Waals surface area contributed by atoms with Gasteiger partial charge in [-0.3, -0.25) is 9.59 Å². The third-order valence-electron chi connectivity index (χ3n) is 9.31. The molecule has 0 saturated heterocycles. The van der Waals surface area contributed by atoms with Crippen molar-refractivity contribution in [3.05, 3.63) is 191 Å². The van der Waals surface area contributed by atoms with E-state index >= 15 is 0 Å². The van der Waals surface area contributed by atoms with Gasteiger partial charge in [0.2, 0.25) is 11.8 Å². The average molecular weight is 837 g/mol. The van der Waals surface area contributed by atoms with E-state index < -0.39 is 42.1 Å². The Morgan fingerprint density at radius 3 is 1.16 bits per heavy atom. The summed E-state index contributed by atoms with van der Waals surface area (Å²) in [6.07, 6.45) is -1.76. The van der Waals surface area contributed by atoms with Crippen LogP contribution >= 0.6 is 0 Å². The molecule has 0 aliphatic heterocycles. The molecular weight excluding hydrogens is 793 g/mol. The zero-order valence-corrected chi connectivity index (χ0v) is 33.4. The number of rotatable bonds is 17. The van der Waals surface area contributed by atoms with E-state index in [1.54, 1.807) is 97.1 Å². The summed E-state index contributed by atoms with van der Waals surface area (Å²) in [6.45, 7) is -0.168. The first-order valence-electron chi connectivity index (χ1n) is 19.5. The number of hydrogen-bond acceptors (Lipinski definition) is 10. The molecule has 0 heterocycles. The normalized spacial score (nSPS) is 11.5. The average Bonchev–Trinajstić information content (AvgIpc) is 3.28. The Bertz CT molecular complexity index is 2290. The highest BCUT2D eigenvalue weighted by Crippen LogP contribution is 2.23. The summed E-state index contributed by atoms with van der Waals surface area (Å²) in [5.41, 5.74) is 3.47. The third-order valence-corrected chi connectivity index (χ3v) is 9.31. The Labute approximate surface area is 357 Å². The first kappa shape index (κ1) is 43.4. The van der Waals surface area contributed by atoms with E-state index in [1.807, 2.05) is 18.2 Å². The van der Waals surface area contributed by atoms with Gasteiger partial charge in [-0.25, -0.2) is 14.4 Å². The molecule has 0 unspecified atom stereocenters. The number of aromatic hydroxyl groups is 2. The highest BCUT2D eigenvalue weighted by molar-refractivity contribution is 6.02. The molecule has 0 radical (unpaired) electrons. The van der Waals surface area contributed by atoms with Crippen LogP contribution in [-0.4, -0.2) is 52.3 Å². The van der Waals surface area contributed by atoms with Gasteiger partial charge in [0, 0.05) is 24.2 Å². The van der Waals surface area contributed by atoms with Crippen LogP contribution in [0.3, 0.4) is 0 Å². The van der Waals surface area contributed by atoms with Crippen molar-refractivity contribution < 1.29 is 48.4 Å². The fraction of sp³-hybridized carbons (Fsp3) is 0.146. The molecule has 4 amide bonds. The second kappa shape index (κ2) is 21.8. The monoisotopic (exact) mass is 836 g/mol. The quantitative estimate of drug-likeness (QED) is 0.0397. The number of phenols is 2. The number of carbonyl (C=O) groups is 5. The minimum atomic E-state index is -1.21. The molecule has 0 fully saturated rings. The molecule has 0 saturated carbocycles. The molecule has 0 aliphatic carbocycles. The number of anilines is 2. The molecule has 14 heteroatoms. The van der Waals surface area contributed by atoms with E-state index in [2.05, 4.69) is 21.3 Å². The summed E-state index contributed by atoms with van der Waals surface area (Å²) >= 11 is 0. The molecule has 316 valence electrons. The number of ether oxygens (including phenoxy) is 3. The van der Waals surface area contributed by atoms with Crippen molar-refractivity contribution in [2.45, 2.75) is 44.7 Å². The number of amides is 4. The van der Waals surface area contributed by atoms with Gasteiger partial charge in [-0.1, -0.05) is 115 Å². The van der Waals surface area contributed by atoms with Gasteiger partial charge in [-0.05, 0) is 70.3 Å². The number of nitrogens with one attached hydrogen (secondary N) is 4. The van der Waals surface area contributed by atoms with Gasteiger partial charge in [0.1, 0.15) is 43.4 Å². The third kappa shape index (κ3) is 13.7. The minimum Gasteiger partial charge on any atom is -0.508 e. The Hall–Kier alpha value is -8.13. The standard InChI is InChI=1S/C48H44N4O10/c53-40-20-16-32(17-21-40)24-42(51-47(58)61-30-35-12-6-2-7-13-35)44(55)49-38-26-37(46(57)60-29-34-10-4-1-5-11-34)27-39(28-38)50-45(56)43(25-33-18-22-41(54)23-19-33)52-48(59)62-31-36-14-8-3-9-15-36/h1-23,26-28,42-43,53-54H,24-25,29-31H2,(H,49,55)(H,50,56)(H,51,58)(H,52,59)/t42-,43-/m0/s1. The maximum absolute atomic E-state index is 14.0. The van der Waals surface area contributed by atoms with Crippen molar-refractivity contribution in [3.63, 3.8) is 0 Å². The molecule has 0 aliphatic rings. The van der Waals surface area contributed by atoms with Crippen LogP contribution < -0.4 is 21.3 Å². The molecule has 2 atom stereocenters. The van der Waals surface area contributed by atoms with Gasteiger partial charge < -0.3 is 45.7 Å². The van der Waals surface area contributed by atoms with E-state index in [-0.39, 0.29) is 61.1 Å². The van der Waals surface area contributed by atoms with Crippen molar-refractivity contribution >= 4 is 41.3 Å².